The van der Waals surface area contributed by atoms with Crippen LogP contribution in [0.15, 0.2) is 30.3 Å². The topological polar surface area (TPSA) is 44.4 Å². The van der Waals surface area contributed by atoms with Gasteiger partial charge < -0.3 is 10.6 Å². The van der Waals surface area contributed by atoms with E-state index in [2.05, 4.69) is 59.7 Å². The van der Waals surface area contributed by atoms with Gasteiger partial charge in [0, 0.05) is 32.1 Å². The van der Waals surface area contributed by atoms with Gasteiger partial charge in [0.05, 0.1) is 0 Å². The Hall–Kier alpha value is -1.39. The van der Waals surface area contributed by atoms with Crippen molar-refractivity contribution in [1.29, 1.82) is 0 Å². The van der Waals surface area contributed by atoms with E-state index in [9.17, 15) is 4.79 Å². The molecule has 0 aliphatic carbocycles. The maximum atomic E-state index is 12.4. The predicted octanol–water partition coefficient (Wildman–Crippen LogP) is 2.65. The second kappa shape index (κ2) is 8.81. The highest BCUT2D eigenvalue weighted by Crippen LogP contribution is 2.24. The first-order valence-electron chi connectivity index (χ1n) is 9.88. The molecule has 2 aliphatic rings. The zero-order valence-corrected chi connectivity index (χ0v) is 15.7. The molecule has 2 saturated heterocycles. The lowest BCUT2D eigenvalue weighted by Gasteiger charge is -2.41. The number of hydrogen-bond acceptors (Lipinski definition) is 3. The minimum absolute atomic E-state index is 0.243. The van der Waals surface area contributed by atoms with E-state index in [1.165, 1.54) is 12.0 Å². The second-order valence-electron chi connectivity index (χ2n) is 8.13. The van der Waals surface area contributed by atoms with Crippen LogP contribution in [0.1, 0.15) is 38.7 Å². The van der Waals surface area contributed by atoms with Crippen LogP contribution in [0.3, 0.4) is 0 Å². The van der Waals surface area contributed by atoms with E-state index < -0.39 is 0 Å². The normalized spacial score (nSPS) is 30.3. The zero-order valence-electron chi connectivity index (χ0n) is 15.7. The van der Waals surface area contributed by atoms with Crippen LogP contribution in [0.2, 0.25) is 0 Å². The maximum absolute atomic E-state index is 12.4. The van der Waals surface area contributed by atoms with Crippen LogP contribution in [-0.4, -0.2) is 43.0 Å². The lowest BCUT2D eigenvalue weighted by Crippen LogP contribution is -2.54. The summed E-state index contributed by atoms with van der Waals surface area (Å²) >= 11 is 0. The molecule has 2 heterocycles. The van der Waals surface area contributed by atoms with Crippen LogP contribution in [0, 0.1) is 17.8 Å². The number of carbonyl (C=O) groups is 1. The van der Waals surface area contributed by atoms with Crippen LogP contribution in [-0.2, 0) is 11.3 Å². The number of rotatable bonds is 6. The van der Waals surface area contributed by atoms with Crippen molar-refractivity contribution >= 4 is 5.91 Å². The van der Waals surface area contributed by atoms with E-state index >= 15 is 0 Å². The molecule has 1 aromatic carbocycles. The third-order valence-electron chi connectivity index (χ3n) is 5.84. The molecule has 3 atom stereocenters. The number of likely N-dealkylation sites (tertiary alicyclic amines) is 1. The van der Waals surface area contributed by atoms with Gasteiger partial charge in [0.25, 0.3) is 0 Å². The molecule has 0 bridgehead atoms. The lowest BCUT2D eigenvalue weighted by atomic mass is 9.85. The Balaban J connectivity index is 1.46. The van der Waals surface area contributed by atoms with Gasteiger partial charge in [0.1, 0.15) is 0 Å². The number of nitrogens with zero attached hydrogens (tertiary/aromatic N) is 1. The third-order valence-corrected chi connectivity index (χ3v) is 5.84. The van der Waals surface area contributed by atoms with Crippen molar-refractivity contribution in [2.24, 2.45) is 17.8 Å². The summed E-state index contributed by atoms with van der Waals surface area (Å²) in [5, 5.41) is 6.72. The smallest absolute Gasteiger partial charge is 0.220 e. The Kier molecular flexibility index (Phi) is 6.49. The van der Waals surface area contributed by atoms with Gasteiger partial charge >= 0.3 is 0 Å². The Morgan fingerprint density at radius 1 is 1.20 bits per heavy atom. The summed E-state index contributed by atoms with van der Waals surface area (Å²) in [6.07, 6.45) is 2.92. The van der Waals surface area contributed by atoms with Gasteiger partial charge in [-0.25, -0.2) is 0 Å². The molecule has 0 radical (unpaired) electrons. The summed E-state index contributed by atoms with van der Waals surface area (Å²) in [7, 11) is 0. The molecule has 3 unspecified atom stereocenters. The van der Waals surface area contributed by atoms with Gasteiger partial charge in [-0.3, -0.25) is 9.69 Å². The van der Waals surface area contributed by atoms with Crippen molar-refractivity contribution in [1.82, 2.24) is 15.5 Å². The van der Waals surface area contributed by atoms with Crippen LogP contribution < -0.4 is 10.6 Å². The number of piperidine rings is 1. The zero-order chi connectivity index (χ0) is 17.6. The Morgan fingerprint density at radius 3 is 2.56 bits per heavy atom. The first-order chi connectivity index (χ1) is 12.1. The van der Waals surface area contributed by atoms with Gasteiger partial charge in [-0.1, -0.05) is 44.2 Å². The molecule has 0 spiro atoms. The molecule has 1 amide bonds. The average Bonchev–Trinajstić information content (AvgIpc) is 3.11. The summed E-state index contributed by atoms with van der Waals surface area (Å²) < 4.78 is 0. The minimum Gasteiger partial charge on any atom is -0.353 e. The minimum atomic E-state index is 0.243. The van der Waals surface area contributed by atoms with Gasteiger partial charge in [-0.05, 0) is 49.2 Å². The number of amides is 1. The standard InChI is InChI=1S/C21H33N3O/c1-16-13-24(15-19-6-4-3-5-7-19)14-17(2)21(16)23-20(25)9-8-18-10-11-22-12-18/h3-7,16-18,21-22H,8-15H2,1-2H3,(H,23,25). The van der Waals surface area contributed by atoms with Crippen molar-refractivity contribution in [2.45, 2.75) is 45.7 Å². The predicted molar refractivity (Wildman–Crippen MR) is 102 cm³/mol. The number of nitrogens with one attached hydrogen (secondary N) is 2. The van der Waals surface area contributed by atoms with E-state index in [-0.39, 0.29) is 5.91 Å². The average molecular weight is 344 g/mol. The Bertz CT molecular complexity index is 529. The molecule has 3 rings (SSSR count). The van der Waals surface area contributed by atoms with Crippen molar-refractivity contribution in [2.75, 3.05) is 26.2 Å². The van der Waals surface area contributed by atoms with E-state index in [1.54, 1.807) is 0 Å². The molecule has 2 N–H and O–H groups in total. The first-order valence-corrected chi connectivity index (χ1v) is 9.88. The summed E-state index contributed by atoms with van der Waals surface area (Å²) in [6.45, 7) is 9.86. The fourth-order valence-electron chi connectivity index (χ4n) is 4.49. The quantitative estimate of drug-likeness (QED) is 0.835. The third kappa shape index (κ3) is 5.29. The first kappa shape index (κ1) is 18.4. The fraction of sp³-hybridized carbons (Fsp3) is 0.667. The monoisotopic (exact) mass is 343 g/mol. The van der Waals surface area contributed by atoms with Gasteiger partial charge in [0.15, 0.2) is 0 Å². The number of benzene rings is 1. The van der Waals surface area contributed by atoms with Crippen molar-refractivity contribution < 1.29 is 4.79 Å². The largest absolute Gasteiger partial charge is 0.353 e. The molecule has 4 nitrogen and oxygen atoms in total. The van der Waals surface area contributed by atoms with Crippen molar-refractivity contribution in [3.05, 3.63) is 35.9 Å². The molecule has 2 fully saturated rings. The summed E-state index contributed by atoms with van der Waals surface area (Å²) in [4.78, 5) is 14.9. The van der Waals surface area contributed by atoms with Gasteiger partial charge in [-0.15, -0.1) is 0 Å². The van der Waals surface area contributed by atoms with E-state index in [0.29, 0.717) is 30.2 Å². The Morgan fingerprint density at radius 2 is 1.92 bits per heavy atom. The van der Waals surface area contributed by atoms with Crippen LogP contribution >= 0.6 is 0 Å². The highest BCUT2D eigenvalue weighted by molar-refractivity contribution is 5.76. The van der Waals surface area contributed by atoms with E-state index in [1.807, 2.05) is 0 Å². The van der Waals surface area contributed by atoms with Gasteiger partial charge in [0.2, 0.25) is 5.91 Å². The summed E-state index contributed by atoms with van der Waals surface area (Å²) in [6, 6.07) is 11.0. The van der Waals surface area contributed by atoms with E-state index in [0.717, 1.165) is 39.1 Å². The highest BCUT2D eigenvalue weighted by Gasteiger charge is 2.32. The fourth-order valence-corrected chi connectivity index (χ4v) is 4.49. The number of carbonyl (C=O) groups excluding carboxylic acids is 1. The molecular formula is C21H33N3O. The Labute approximate surface area is 152 Å². The molecule has 138 valence electrons. The SMILES string of the molecule is CC1CN(Cc2ccccc2)CC(C)C1NC(=O)CCC1CCNC1. The van der Waals surface area contributed by atoms with Crippen molar-refractivity contribution in [3.8, 4) is 0 Å². The summed E-state index contributed by atoms with van der Waals surface area (Å²) in [5.74, 6) is 1.91. The van der Waals surface area contributed by atoms with E-state index in [4.69, 9.17) is 0 Å². The molecular weight excluding hydrogens is 310 g/mol. The molecule has 2 aliphatic heterocycles. The lowest BCUT2D eigenvalue weighted by molar-refractivity contribution is -0.123. The molecule has 1 aromatic rings. The maximum Gasteiger partial charge on any atom is 0.220 e. The highest BCUT2D eigenvalue weighted by atomic mass is 16.1. The number of hydrogen-bond donors (Lipinski definition) is 2. The summed E-state index contributed by atoms with van der Waals surface area (Å²) in [5.41, 5.74) is 1.37. The van der Waals surface area contributed by atoms with Crippen LogP contribution in [0.4, 0.5) is 0 Å². The van der Waals surface area contributed by atoms with Crippen LogP contribution in [0.25, 0.3) is 0 Å². The molecule has 0 saturated carbocycles. The van der Waals surface area contributed by atoms with Crippen LogP contribution in [0.5, 0.6) is 0 Å². The molecule has 0 aromatic heterocycles. The second-order valence-corrected chi connectivity index (χ2v) is 8.13. The van der Waals surface area contributed by atoms with Crippen molar-refractivity contribution in [3.63, 3.8) is 0 Å². The molecule has 25 heavy (non-hydrogen) atoms. The van der Waals surface area contributed by atoms with Gasteiger partial charge in [-0.2, -0.15) is 0 Å². The molecule has 4 heteroatoms.